The number of guanidine groups is 1. The molecule has 4 N–H and O–H groups in total. The second-order valence-electron chi connectivity index (χ2n) is 5.81. The van der Waals surface area contributed by atoms with Crippen molar-refractivity contribution in [1.82, 2.24) is 14.7 Å². The van der Waals surface area contributed by atoms with Crippen LogP contribution in [0.3, 0.4) is 0 Å². The van der Waals surface area contributed by atoms with Crippen LogP contribution in [0.4, 0.5) is 10.1 Å². The van der Waals surface area contributed by atoms with Gasteiger partial charge >= 0.3 is 0 Å². The van der Waals surface area contributed by atoms with E-state index in [4.69, 9.17) is 16.9 Å². The van der Waals surface area contributed by atoms with Gasteiger partial charge in [0.15, 0.2) is 0 Å². The maximum absolute atomic E-state index is 13.8. The SMILES string of the molecule is N#Cc1cnc(CN=C2Nc3c(-c4ccnc(F)c4Cl)cccc3S(O)(O)N2)s1. The van der Waals surface area contributed by atoms with Crippen molar-refractivity contribution in [1.29, 1.82) is 5.26 Å². The molecule has 3 heterocycles. The number of aliphatic imine (C=N–C) groups is 1. The Bertz CT molecular complexity index is 1180. The smallest absolute Gasteiger partial charge is 0.232 e. The molecule has 4 rings (SSSR count). The largest absolute Gasteiger partial charge is 0.323 e. The van der Waals surface area contributed by atoms with Gasteiger partial charge in [-0.05, 0) is 12.1 Å². The zero-order chi connectivity index (χ0) is 20.6. The first kappa shape index (κ1) is 19.6. The minimum atomic E-state index is -3.41. The van der Waals surface area contributed by atoms with Crippen LogP contribution in [0.15, 0.2) is 46.5 Å². The lowest BCUT2D eigenvalue weighted by Crippen LogP contribution is -2.38. The molecule has 8 nitrogen and oxygen atoms in total. The number of nitrogens with zero attached hydrogens (tertiary/aromatic N) is 4. The molecular weight excluding hydrogens is 439 g/mol. The zero-order valence-corrected chi connectivity index (χ0v) is 16.8. The van der Waals surface area contributed by atoms with Crippen LogP contribution in [0, 0.1) is 17.3 Å². The predicted molar refractivity (Wildman–Crippen MR) is 110 cm³/mol. The van der Waals surface area contributed by atoms with E-state index in [1.165, 1.54) is 35.9 Å². The first-order valence-corrected chi connectivity index (χ1v) is 10.8. The maximum Gasteiger partial charge on any atom is 0.232 e. The van der Waals surface area contributed by atoms with E-state index in [0.717, 1.165) is 0 Å². The number of fused-ring (bicyclic) bond motifs is 1. The number of hydrogen-bond donors (Lipinski definition) is 4. The van der Waals surface area contributed by atoms with Crippen molar-refractivity contribution >= 4 is 45.4 Å². The minimum Gasteiger partial charge on any atom is -0.323 e. The monoisotopic (exact) mass is 450 g/mol. The van der Waals surface area contributed by atoms with Gasteiger partial charge in [-0.2, -0.15) is 9.65 Å². The lowest BCUT2D eigenvalue weighted by molar-refractivity contribution is 0.480. The molecule has 0 fully saturated rings. The van der Waals surface area contributed by atoms with Crippen LogP contribution in [0.1, 0.15) is 9.88 Å². The summed E-state index contributed by atoms with van der Waals surface area (Å²) in [4.78, 5) is 12.5. The Balaban J connectivity index is 1.74. The summed E-state index contributed by atoms with van der Waals surface area (Å²) in [6, 6.07) is 8.36. The lowest BCUT2D eigenvalue weighted by Gasteiger charge is -2.40. The van der Waals surface area contributed by atoms with E-state index in [2.05, 4.69) is 25.0 Å². The average molecular weight is 451 g/mol. The molecule has 0 aliphatic carbocycles. The lowest BCUT2D eigenvalue weighted by atomic mass is 10.0. The first-order valence-electron chi connectivity index (χ1n) is 8.04. The summed E-state index contributed by atoms with van der Waals surface area (Å²) in [5, 5.41) is 12.3. The molecule has 12 heteroatoms. The van der Waals surface area contributed by atoms with Crippen molar-refractivity contribution in [2.24, 2.45) is 4.99 Å². The van der Waals surface area contributed by atoms with Crippen molar-refractivity contribution in [2.75, 3.05) is 5.32 Å². The fraction of sp³-hybridized carbons (Fsp3) is 0.0588. The number of anilines is 1. The molecule has 1 aliphatic rings. The number of para-hydroxylation sites is 1. The third-order valence-electron chi connectivity index (χ3n) is 3.99. The standard InChI is InChI=1S/C17H12ClFN6O2S2/c18-14-10(4-5-21-16(14)19)11-2-1-3-12-15(11)24-17(25-29(12,26)27)23-8-13-22-7-9(6-20)28-13/h1-5,7,26-27H,8H2,(H2,23,24,25). The molecule has 29 heavy (non-hydrogen) atoms. The number of benzene rings is 1. The summed E-state index contributed by atoms with van der Waals surface area (Å²) < 4.78 is 37.5. The number of pyridine rings is 1. The molecular formula is C17H12ClFN6O2S2. The van der Waals surface area contributed by atoms with Crippen LogP contribution in [-0.4, -0.2) is 25.0 Å². The van der Waals surface area contributed by atoms with Crippen LogP contribution < -0.4 is 10.0 Å². The highest BCUT2D eigenvalue weighted by atomic mass is 35.5. The van der Waals surface area contributed by atoms with Gasteiger partial charge in [0.1, 0.15) is 25.9 Å². The highest BCUT2D eigenvalue weighted by molar-refractivity contribution is 8.23. The number of nitrogens with one attached hydrogen (secondary N) is 2. The van der Waals surface area contributed by atoms with Crippen molar-refractivity contribution in [3.8, 4) is 17.2 Å². The van der Waals surface area contributed by atoms with E-state index in [1.54, 1.807) is 12.1 Å². The quantitative estimate of drug-likeness (QED) is 0.434. The van der Waals surface area contributed by atoms with Gasteiger partial charge in [0.25, 0.3) is 0 Å². The summed E-state index contributed by atoms with van der Waals surface area (Å²) in [7, 11) is -3.41. The van der Waals surface area contributed by atoms with E-state index in [1.807, 2.05) is 6.07 Å². The van der Waals surface area contributed by atoms with Crippen molar-refractivity contribution in [2.45, 2.75) is 11.4 Å². The van der Waals surface area contributed by atoms with Crippen molar-refractivity contribution in [3.63, 3.8) is 0 Å². The van der Waals surface area contributed by atoms with Gasteiger partial charge < -0.3 is 5.32 Å². The van der Waals surface area contributed by atoms with E-state index in [9.17, 15) is 13.5 Å². The van der Waals surface area contributed by atoms with Gasteiger partial charge in [-0.15, -0.1) is 11.3 Å². The van der Waals surface area contributed by atoms with Crippen LogP contribution >= 0.6 is 33.7 Å². The Hall–Kier alpha value is -2.75. The molecule has 0 saturated heterocycles. The van der Waals surface area contributed by atoms with E-state index in [0.29, 0.717) is 26.7 Å². The van der Waals surface area contributed by atoms with Crippen LogP contribution in [0.2, 0.25) is 5.02 Å². The molecule has 0 atom stereocenters. The third kappa shape index (κ3) is 3.76. The number of halogens is 2. The van der Waals surface area contributed by atoms with Gasteiger partial charge in [0.2, 0.25) is 11.9 Å². The number of aromatic nitrogens is 2. The maximum atomic E-state index is 13.8. The highest BCUT2D eigenvalue weighted by Gasteiger charge is 2.30. The molecule has 2 aromatic heterocycles. The molecule has 0 amide bonds. The normalized spacial score (nSPS) is 17.0. The van der Waals surface area contributed by atoms with E-state index >= 15 is 0 Å². The van der Waals surface area contributed by atoms with Crippen LogP contribution in [0.25, 0.3) is 11.1 Å². The molecule has 1 aromatic carbocycles. The highest BCUT2D eigenvalue weighted by Crippen LogP contribution is 2.53. The summed E-state index contributed by atoms with van der Waals surface area (Å²) in [5.74, 6) is -0.724. The molecule has 3 aromatic rings. The summed E-state index contributed by atoms with van der Waals surface area (Å²) >= 11 is 7.26. The zero-order valence-electron chi connectivity index (χ0n) is 14.4. The second kappa shape index (κ2) is 7.58. The van der Waals surface area contributed by atoms with Gasteiger partial charge in [0, 0.05) is 17.3 Å². The molecule has 0 saturated carbocycles. The molecule has 1 aliphatic heterocycles. The topological polar surface area (TPSA) is 126 Å². The molecule has 0 unspecified atom stereocenters. The Kier molecular flexibility index (Phi) is 5.12. The number of thiazole rings is 1. The van der Waals surface area contributed by atoms with Gasteiger partial charge in [-0.3, -0.25) is 9.11 Å². The number of nitriles is 1. The van der Waals surface area contributed by atoms with Crippen LogP contribution in [0.5, 0.6) is 0 Å². The van der Waals surface area contributed by atoms with Gasteiger partial charge in [-0.1, -0.05) is 34.5 Å². The fourth-order valence-electron chi connectivity index (χ4n) is 2.74. The third-order valence-corrected chi connectivity index (χ3v) is 6.67. The average Bonchev–Trinajstić information content (AvgIpc) is 3.16. The Labute approximate surface area is 175 Å². The molecule has 0 spiro atoms. The molecule has 0 radical (unpaired) electrons. The number of hydrogen-bond acceptors (Lipinski definition) is 7. The number of rotatable bonds is 3. The Morgan fingerprint density at radius 2 is 2.10 bits per heavy atom. The predicted octanol–water partition coefficient (Wildman–Crippen LogP) is 4.47. The summed E-state index contributed by atoms with van der Waals surface area (Å²) in [5.41, 5.74) is 1.15. The fourth-order valence-corrected chi connectivity index (χ4v) is 4.80. The van der Waals surface area contributed by atoms with E-state index < -0.39 is 16.7 Å². The molecule has 0 bridgehead atoms. The van der Waals surface area contributed by atoms with Gasteiger partial charge in [0.05, 0.1) is 18.4 Å². The van der Waals surface area contributed by atoms with Crippen molar-refractivity contribution < 1.29 is 13.5 Å². The Morgan fingerprint density at radius 1 is 1.28 bits per heavy atom. The second-order valence-corrected chi connectivity index (χ2v) is 9.05. The van der Waals surface area contributed by atoms with Crippen molar-refractivity contribution in [3.05, 3.63) is 57.5 Å². The summed E-state index contributed by atoms with van der Waals surface area (Å²) in [6.45, 7) is 0.124. The molecule has 148 valence electrons. The first-order chi connectivity index (χ1) is 13.9. The minimum absolute atomic E-state index is 0.101. The summed E-state index contributed by atoms with van der Waals surface area (Å²) in [6.07, 6.45) is 2.72. The Morgan fingerprint density at radius 3 is 2.86 bits per heavy atom. The van der Waals surface area contributed by atoms with Gasteiger partial charge in [-0.25, -0.2) is 19.7 Å². The van der Waals surface area contributed by atoms with E-state index in [-0.39, 0.29) is 22.4 Å². The van der Waals surface area contributed by atoms with Crippen LogP contribution in [-0.2, 0) is 6.54 Å².